The Balaban J connectivity index is 3.11. The molecule has 0 saturated carbocycles. The van der Waals surface area contributed by atoms with E-state index in [2.05, 4.69) is 15.9 Å². The molecular weight excluding hydrogens is 300 g/mol. The smallest absolute Gasteiger partial charge is 0.181 e. The van der Waals surface area contributed by atoms with E-state index >= 15 is 0 Å². The van der Waals surface area contributed by atoms with Gasteiger partial charge in [0.25, 0.3) is 0 Å². The minimum Gasteiger partial charge on any atom is -0.293 e. The SMILES string of the molecule is Cc1sc(Br)cc1C(=O)C(C)S(C)(=O)=O. The number of ketones is 1. The molecule has 1 heterocycles. The van der Waals surface area contributed by atoms with Gasteiger partial charge in [-0.15, -0.1) is 11.3 Å². The number of halogens is 1. The van der Waals surface area contributed by atoms with Crippen LogP contribution in [0.25, 0.3) is 0 Å². The quantitative estimate of drug-likeness (QED) is 0.806. The fourth-order valence-corrected chi connectivity index (χ4v) is 3.32. The van der Waals surface area contributed by atoms with E-state index in [9.17, 15) is 13.2 Å². The molecule has 0 aliphatic rings. The molecule has 84 valence electrons. The number of Topliss-reactive ketones (excluding diaryl/α,β-unsaturated/α-hetero) is 1. The maximum absolute atomic E-state index is 11.8. The molecule has 0 saturated heterocycles. The Morgan fingerprint density at radius 3 is 2.40 bits per heavy atom. The van der Waals surface area contributed by atoms with Crippen LogP contribution in [0.2, 0.25) is 0 Å². The first-order chi connectivity index (χ1) is 6.73. The lowest BCUT2D eigenvalue weighted by atomic mass is 10.1. The van der Waals surface area contributed by atoms with Gasteiger partial charge < -0.3 is 0 Å². The lowest BCUT2D eigenvalue weighted by molar-refractivity contribution is 0.0991. The molecule has 0 radical (unpaired) electrons. The summed E-state index contributed by atoms with van der Waals surface area (Å²) in [7, 11) is -3.32. The molecule has 1 aromatic heterocycles. The van der Waals surface area contributed by atoms with Crippen LogP contribution in [0, 0.1) is 6.92 Å². The third kappa shape index (κ3) is 2.89. The molecule has 1 unspecified atom stereocenters. The van der Waals surface area contributed by atoms with E-state index in [1.54, 1.807) is 13.0 Å². The van der Waals surface area contributed by atoms with E-state index in [4.69, 9.17) is 0 Å². The van der Waals surface area contributed by atoms with Crippen molar-refractivity contribution in [2.24, 2.45) is 0 Å². The summed E-state index contributed by atoms with van der Waals surface area (Å²) in [6.45, 7) is 3.22. The van der Waals surface area contributed by atoms with Crippen LogP contribution in [0.4, 0.5) is 0 Å². The van der Waals surface area contributed by atoms with Crippen LogP contribution in [0.5, 0.6) is 0 Å². The van der Waals surface area contributed by atoms with Crippen LogP contribution in [0.15, 0.2) is 9.85 Å². The van der Waals surface area contributed by atoms with Crippen molar-refractivity contribution in [3.8, 4) is 0 Å². The lowest BCUT2D eigenvalue weighted by Crippen LogP contribution is -2.26. The summed E-state index contributed by atoms with van der Waals surface area (Å²) >= 11 is 4.69. The van der Waals surface area contributed by atoms with Gasteiger partial charge in [0.1, 0.15) is 5.25 Å². The first-order valence-corrected chi connectivity index (χ1v) is 7.79. The number of hydrogen-bond acceptors (Lipinski definition) is 4. The van der Waals surface area contributed by atoms with E-state index < -0.39 is 15.1 Å². The van der Waals surface area contributed by atoms with Gasteiger partial charge in [-0.25, -0.2) is 8.42 Å². The van der Waals surface area contributed by atoms with Crippen LogP contribution < -0.4 is 0 Å². The van der Waals surface area contributed by atoms with Gasteiger partial charge in [0.15, 0.2) is 15.6 Å². The van der Waals surface area contributed by atoms with Crippen molar-refractivity contribution in [2.45, 2.75) is 19.1 Å². The van der Waals surface area contributed by atoms with Gasteiger partial charge in [-0.1, -0.05) is 0 Å². The van der Waals surface area contributed by atoms with Crippen molar-refractivity contribution >= 4 is 42.9 Å². The average molecular weight is 311 g/mol. The Morgan fingerprint density at radius 2 is 2.07 bits per heavy atom. The zero-order valence-electron chi connectivity index (χ0n) is 8.57. The molecule has 0 bridgehead atoms. The fourth-order valence-electron chi connectivity index (χ4n) is 1.10. The zero-order valence-corrected chi connectivity index (χ0v) is 11.8. The third-order valence-corrected chi connectivity index (χ3v) is 5.22. The number of carbonyl (C=O) groups excluding carboxylic acids is 1. The maximum Gasteiger partial charge on any atom is 0.181 e. The molecule has 0 aromatic carbocycles. The first kappa shape index (κ1) is 12.9. The van der Waals surface area contributed by atoms with Gasteiger partial charge in [-0.3, -0.25) is 4.79 Å². The van der Waals surface area contributed by atoms with E-state index in [1.165, 1.54) is 18.3 Å². The predicted molar refractivity (Wildman–Crippen MR) is 65.4 cm³/mol. The van der Waals surface area contributed by atoms with Crippen molar-refractivity contribution < 1.29 is 13.2 Å². The van der Waals surface area contributed by atoms with Crippen LogP contribution >= 0.6 is 27.3 Å². The second-order valence-electron chi connectivity index (χ2n) is 3.36. The number of carbonyl (C=O) groups is 1. The Kier molecular flexibility index (Phi) is 3.73. The third-order valence-electron chi connectivity index (χ3n) is 2.16. The molecule has 6 heteroatoms. The van der Waals surface area contributed by atoms with E-state index in [1.807, 2.05) is 0 Å². The summed E-state index contributed by atoms with van der Waals surface area (Å²) in [6.07, 6.45) is 1.08. The molecule has 0 fully saturated rings. The van der Waals surface area contributed by atoms with Gasteiger partial charge in [-0.05, 0) is 35.8 Å². The molecule has 1 aromatic rings. The fraction of sp³-hybridized carbons (Fsp3) is 0.444. The van der Waals surface area contributed by atoms with Crippen LogP contribution in [-0.2, 0) is 9.84 Å². The lowest BCUT2D eigenvalue weighted by Gasteiger charge is -2.07. The summed E-state index contributed by atoms with van der Waals surface area (Å²) < 4.78 is 23.3. The molecule has 1 rings (SSSR count). The minimum atomic E-state index is -3.32. The largest absolute Gasteiger partial charge is 0.293 e. The number of rotatable bonds is 3. The molecule has 0 aliphatic heterocycles. The highest BCUT2D eigenvalue weighted by molar-refractivity contribution is 9.11. The topological polar surface area (TPSA) is 51.2 Å². The summed E-state index contributed by atoms with van der Waals surface area (Å²) in [5.74, 6) is -0.336. The summed E-state index contributed by atoms with van der Waals surface area (Å²) in [6, 6.07) is 1.67. The minimum absolute atomic E-state index is 0.336. The van der Waals surface area contributed by atoms with Crippen molar-refractivity contribution in [1.82, 2.24) is 0 Å². The normalized spacial score (nSPS) is 13.9. The van der Waals surface area contributed by atoms with Gasteiger partial charge in [0.05, 0.1) is 3.79 Å². The molecule has 0 aliphatic carbocycles. The highest BCUT2D eigenvalue weighted by atomic mass is 79.9. The summed E-state index contributed by atoms with van der Waals surface area (Å²) in [4.78, 5) is 12.7. The Labute approximate surface area is 102 Å². The van der Waals surface area contributed by atoms with Crippen molar-refractivity contribution in [2.75, 3.05) is 6.26 Å². The molecule has 0 amide bonds. The number of hydrogen-bond donors (Lipinski definition) is 0. The highest BCUT2D eigenvalue weighted by Crippen LogP contribution is 2.27. The van der Waals surface area contributed by atoms with E-state index in [0.717, 1.165) is 14.9 Å². The predicted octanol–water partition coefficient (Wildman–Crippen LogP) is 2.43. The van der Waals surface area contributed by atoms with E-state index in [-0.39, 0.29) is 5.78 Å². The van der Waals surface area contributed by atoms with Gasteiger partial charge >= 0.3 is 0 Å². The number of aryl methyl sites for hydroxylation is 1. The molecule has 15 heavy (non-hydrogen) atoms. The highest BCUT2D eigenvalue weighted by Gasteiger charge is 2.26. The second kappa shape index (κ2) is 4.35. The summed E-state index contributed by atoms with van der Waals surface area (Å²) in [5.41, 5.74) is 0.491. The standard InChI is InChI=1S/C9H11BrO3S2/c1-5-7(4-8(10)14-5)9(11)6(2)15(3,12)13/h4,6H,1-3H3. The second-order valence-corrected chi connectivity index (χ2v) is 8.36. The van der Waals surface area contributed by atoms with Crippen molar-refractivity contribution in [3.05, 3.63) is 20.3 Å². The number of thiophene rings is 1. The zero-order chi connectivity index (χ0) is 11.8. The molecule has 0 N–H and O–H groups in total. The van der Waals surface area contributed by atoms with Crippen LogP contribution in [-0.4, -0.2) is 25.7 Å². The van der Waals surface area contributed by atoms with Crippen LogP contribution in [0.3, 0.4) is 0 Å². The Hall–Kier alpha value is -0.200. The monoisotopic (exact) mass is 310 g/mol. The summed E-state index contributed by atoms with van der Waals surface area (Å²) in [5, 5.41) is -0.974. The first-order valence-electron chi connectivity index (χ1n) is 4.22. The van der Waals surface area contributed by atoms with Gasteiger partial charge in [0, 0.05) is 16.7 Å². The average Bonchev–Trinajstić information content (AvgIpc) is 2.41. The van der Waals surface area contributed by atoms with Crippen molar-refractivity contribution in [1.29, 1.82) is 0 Å². The van der Waals surface area contributed by atoms with Gasteiger partial charge in [-0.2, -0.15) is 0 Å². The Morgan fingerprint density at radius 1 is 1.53 bits per heavy atom. The maximum atomic E-state index is 11.8. The molecule has 1 atom stereocenters. The molecule has 0 spiro atoms. The molecular formula is C9H11BrO3S2. The van der Waals surface area contributed by atoms with Gasteiger partial charge in [0.2, 0.25) is 0 Å². The van der Waals surface area contributed by atoms with E-state index in [0.29, 0.717) is 5.56 Å². The number of sulfone groups is 1. The van der Waals surface area contributed by atoms with Crippen molar-refractivity contribution in [3.63, 3.8) is 0 Å². The molecule has 3 nitrogen and oxygen atoms in total. The van der Waals surface area contributed by atoms with Crippen LogP contribution in [0.1, 0.15) is 22.2 Å². The Bertz CT molecular complexity index is 487.